The van der Waals surface area contributed by atoms with Crippen LogP contribution in [-0.4, -0.2) is 11.2 Å². The maximum Gasteiger partial charge on any atom is 0.0543 e. The number of aliphatic hydroxyl groups excluding tert-OH is 1. The second-order valence-corrected chi connectivity index (χ2v) is 2.55. The maximum absolute atomic E-state index is 9.17. The van der Waals surface area contributed by atoms with Crippen molar-refractivity contribution in [3.63, 3.8) is 0 Å². The zero-order valence-corrected chi connectivity index (χ0v) is 6.80. The van der Waals surface area contributed by atoms with Gasteiger partial charge in [-0.3, -0.25) is 0 Å². The molecule has 2 atom stereocenters. The molecule has 0 amide bonds. The third-order valence-electron chi connectivity index (χ3n) is 1.77. The lowest BCUT2D eigenvalue weighted by Gasteiger charge is -2.14. The van der Waals surface area contributed by atoms with Crippen molar-refractivity contribution in [2.45, 2.75) is 32.8 Å². The van der Waals surface area contributed by atoms with E-state index in [1.165, 1.54) is 0 Å². The Morgan fingerprint density at radius 3 is 2.60 bits per heavy atom. The molecule has 0 bridgehead atoms. The zero-order chi connectivity index (χ0) is 7.98. The SMILES string of the molecule is C=C=CCC(CC)C(C)O. The summed E-state index contributed by atoms with van der Waals surface area (Å²) in [5.41, 5.74) is 2.70. The molecule has 0 saturated heterocycles. The summed E-state index contributed by atoms with van der Waals surface area (Å²) in [5.74, 6) is 0.370. The smallest absolute Gasteiger partial charge is 0.0543 e. The van der Waals surface area contributed by atoms with Crippen LogP contribution in [0.15, 0.2) is 18.4 Å². The van der Waals surface area contributed by atoms with Crippen molar-refractivity contribution in [2.75, 3.05) is 0 Å². The van der Waals surface area contributed by atoms with Gasteiger partial charge in [-0.25, -0.2) is 0 Å². The fourth-order valence-electron chi connectivity index (χ4n) is 0.939. The molecule has 0 heterocycles. The molecule has 58 valence electrons. The quantitative estimate of drug-likeness (QED) is 0.593. The van der Waals surface area contributed by atoms with Gasteiger partial charge in [0.1, 0.15) is 0 Å². The molecule has 0 aromatic carbocycles. The van der Waals surface area contributed by atoms with E-state index in [4.69, 9.17) is 0 Å². The van der Waals surface area contributed by atoms with Crippen molar-refractivity contribution in [1.82, 2.24) is 0 Å². The average Bonchev–Trinajstić information content (AvgIpc) is 1.89. The van der Waals surface area contributed by atoms with Crippen LogP contribution in [0.5, 0.6) is 0 Å². The monoisotopic (exact) mass is 140 g/mol. The van der Waals surface area contributed by atoms with Gasteiger partial charge < -0.3 is 5.11 Å². The van der Waals surface area contributed by atoms with Crippen LogP contribution in [-0.2, 0) is 0 Å². The van der Waals surface area contributed by atoms with E-state index in [9.17, 15) is 5.11 Å². The molecule has 0 aliphatic rings. The minimum Gasteiger partial charge on any atom is -0.393 e. The van der Waals surface area contributed by atoms with Gasteiger partial charge in [0.2, 0.25) is 0 Å². The summed E-state index contributed by atoms with van der Waals surface area (Å²) < 4.78 is 0. The summed E-state index contributed by atoms with van der Waals surface area (Å²) >= 11 is 0. The van der Waals surface area contributed by atoms with Crippen LogP contribution < -0.4 is 0 Å². The van der Waals surface area contributed by atoms with Crippen molar-refractivity contribution in [3.05, 3.63) is 18.4 Å². The Hall–Kier alpha value is -0.520. The molecule has 0 aromatic heterocycles. The fourth-order valence-corrected chi connectivity index (χ4v) is 0.939. The average molecular weight is 140 g/mol. The molecule has 1 nitrogen and oxygen atoms in total. The normalized spacial score (nSPS) is 15.5. The number of hydrogen-bond acceptors (Lipinski definition) is 1. The van der Waals surface area contributed by atoms with E-state index in [1.54, 1.807) is 0 Å². The van der Waals surface area contributed by atoms with Gasteiger partial charge in [-0.15, -0.1) is 5.73 Å². The molecule has 0 aliphatic heterocycles. The van der Waals surface area contributed by atoms with Gasteiger partial charge in [0, 0.05) is 0 Å². The number of allylic oxidation sites excluding steroid dienone is 1. The van der Waals surface area contributed by atoms with Gasteiger partial charge in [0.05, 0.1) is 6.10 Å². The van der Waals surface area contributed by atoms with Crippen molar-refractivity contribution >= 4 is 0 Å². The predicted molar refractivity (Wildman–Crippen MR) is 43.8 cm³/mol. The molecule has 1 N–H and O–H groups in total. The van der Waals surface area contributed by atoms with Gasteiger partial charge in [0.25, 0.3) is 0 Å². The van der Waals surface area contributed by atoms with E-state index in [1.807, 2.05) is 13.0 Å². The molecule has 2 unspecified atom stereocenters. The van der Waals surface area contributed by atoms with Crippen LogP contribution in [0.4, 0.5) is 0 Å². The molecular formula is C9H16O. The summed E-state index contributed by atoms with van der Waals surface area (Å²) in [6, 6.07) is 0. The minimum atomic E-state index is -0.213. The Kier molecular flexibility index (Phi) is 5.00. The molecule has 0 radical (unpaired) electrons. The first-order valence-corrected chi connectivity index (χ1v) is 3.74. The first-order valence-electron chi connectivity index (χ1n) is 3.74. The summed E-state index contributed by atoms with van der Waals surface area (Å²) in [6.45, 7) is 7.37. The highest BCUT2D eigenvalue weighted by Gasteiger charge is 2.09. The van der Waals surface area contributed by atoms with Crippen molar-refractivity contribution in [3.8, 4) is 0 Å². The minimum absolute atomic E-state index is 0.213. The van der Waals surface area contributed by atoms with Gasteiger partial charge in [-0.2, -0.15) is 0 Å². The van der Waals surface area contributed by atoms with E-state index in [2.05, 4.69) is 19.2 Å². The zero-order valence-electron chi connectivity index (χ0n) is 6.80. The lowest BCUT2D eigenvalue weighted by molar-refractivity contribution is 0.124. The van der Waals surface area contributed by atoms with Crippen LogP contribution in [0.3, 0.4) is 0 Å². The summed E-state index contributed by atoms with van der Waals surface area (Å²) in [7, 11) is 0. The summed E-state index contributed by atoms with van der Waals surface area (Å²) in [6.07, 6.45) is 3.56. The van der Waals surface area contributed by atoms with E-state index in [-0.39, 0.29) is 6.10 Å². The molecule has 0 saturated carbocycles. The highest BCUT2D eigenvalue weighted by Crippen LogP contribution is 2.12. The second kappa shape index (κ2) is 5.28. The van der Waals surface area contributed by atoms with Crippen LogP contribution >= 0.6 is 0 Å². The molecule has 0 rings (SSSR count). The third kappa shape index (κ3) is 3.49. The predicted octanol–water partition coefficient (Wildman–Crippen LogP) is 2.12. The number of hydrogen-bond donors (Lipinski definition) is 1. The topological polar surface area (TPSA) is 20.2 Å². The summed E-state index contributed by atoms with van der Waals surface area (Å²) in [4.78, 5) is 0. The van der Waals surface area contributed by atoms with Gasteiger partial charge >= 0.3 is 0 Å². The summed E-state index contributed by atoms with van der Waals surface area (Å²) in [5, 5.41) is 9.17. The Morgan fingerprint density at radius 2 is 2.30 bits per heavy atom. The Labute approximate surface area is 63.1 Å². The Balaban J connectivity index is 3.70. The highest BCUT2D eigenvalue weighted by molar-refractivity contribution is 4.80. The van der Waals surface area contributed by atoms with Crippen molar-refractivity contribution in [1.29, 1.82) is 0 Å². The molecule has 0 fully saturated rings. The number of aliphatic hydroxyl groups is 1. The number of rotatable bonds is 4. The molecular weight excluding hydrogens is 124 g/mol. The first-order chi connectivity index (χ1) is 4.72. The van der Waals surface area contributed by atoms with E-state index in [0.717, 1.165) is 12.8 Å². The van der Waals surface area contributed by atoms with Crippen LogP contribution in [0.25, 0.3) is 0 Å². The Bertz CT molecular complexity index is 121. The standard InChI is InChI=1S/C9H16O/c1-4-6-7-9(5-2)8(3)10/h6,8-10H,1,5,7H2,2-3H3. The largest absolute Gasteiger partial charge is 0.393 e. The molecule has 10 heavy (non-hydrogen) atoms. The fraction of sp³-hybridized carbons (Fsp3) is 0.667. The Morgan fingerprint density at radius 1 is 1.70 bits per heavy atom. The molecule has 0 spiro atoms. The maximum atomic E-state index is 9.17. The van der Waals surface area contributed by atoms with Crippen molar-refractivity contribution in [2.24, 2.45) is 5.92 Å². The van der Waals surface area contributed by atoms with Gasteiger partial charge in [0.15, 0.2) is 0 Å². The third-order valence-corrected chi connectivity index (χ3v) is 1.77. The van der Waals surface area contributed by atoms with E-state index < -0.39 is 0 Å². The lowest BCUT2D eigenvalue weighted by Crippen LogP contribution is -2.14. The molecule has 1 heteroatoms. The van der Waals surface area contributed by atoms with Crippen molar-refractivity contribution < 1.29 is 5.11 Å². The highest BCUT2D eigenvalue weighted by atomic mass is 16.3. The first kappa shape index (κ1) is 9.48. The van der Waals surface area contributed by atoms with Crippen LogP contribution in [0.2, 0.25) is 0 Å². The lowest BCUT2D eigenvalue weighted by atomic mass is 9.97. The van der Waals surface area contributed by atoms with Gasteiger partial charge in [-0.1, -0.05) is 19.9 Å². The second-order valence-electron chi connectivity index (χ2n) is 2.55. The van der Waals surface area contributed by atoms with Crippen LogP contribution in [0.1, 0.15) is 26.7 Å². The van der Waals surface area contributed by atoms with E-state index in [0.29, 0.717) is 5.92 Å². The van der Waals surface area contributed by atoms with Gasteiger partial charge in [-0.05, 0) is 25.3 Å². The van der Waals surface area contributed by atoms with E-state index >= 15 is 0 Å². The molecule has 0 aliphatic carbocycles. The van der Waals surface area contributed by atoms with Crippen LogP contribution in [0, 0.1) is 5.92 Å². The molecule has 0 aromatic rings.